The van der Waals surface area contributed by atoms with Crippen LogP contribution in [0.2, 0.25) is 0 Å². The summed E-state index contributed by atoms with van der Waals surface area (Å²) in [5.41, 5.74) is 4.16. The van der Waals surface area contributed by atoms with Gasteiger partial charge in [-0.15, -0.1) is 0 Å². The van der Waals surface area contributed by atoms with Gasteiger partial charge in [-0.05, 0) is 36.1 Å². The summed E-state index contributed by atoms with van der Waals surface area (Å²) < 4.78 is 53.0. The maximum atomic E-state index is 15.0. The molecule has 0 aliphatic rings. The Kier molecular flexibility index (Phi) is 21.8. The summed E-state index contributed by atoms with van der Waals surface area (Å²) in [7, 11) is 6.21. The van der Waals surface area contributed by atoms with E-state index >= 15 is 0 Å². The molecule has 0 N–H and O–H groups in total. The lowest BCUT2D eigenvalue weighted by Crippen LogP contribution is -2.42. The molecule has 0 amide bonds. The van der Waals surface area contributed by atoms with Crippen molar-refractivity contribution in [3.8, 4) is 0 Å². The standard InChI is InChI=1S/C70H70O12/c1-70(2,59-42-26-25-41-58(59)66(74)51-33-17-10-18-34-51)82-62(47-78-6)69(57-40-24-21-37-54(57)65(73)50-31-15-9-16-32-50)81-61(46-77-5)68(56-39-23-20-36-53(56)64(72)49-29-13-8-14-30-49)80-60(45-76-4)67(79-44-43-75-3)55-38-22-19-35-52(55)63(71)48-27-11-7-12-28-48/h7-42,60-62,67-69H,43-47H2,1-6H3. The first-order valence-corrected chi connectivity index (χ1v) is 27.3. The molecule has 82 heavy (non-hydrogen) atoms. The minimum absolute atomic E-state index is 0.0704. The Morgan fingerprint density at radius 1 is 0.341 bits per heavy atom. The van der Waals surface area contributed by atoms with Gasteiger partial charge in [0.1, 0.15) is 36.6 Å². The minimum atomic E-state index is -1.22. The van der Waals surface area contributed by atoms with E-state index in [0.29, 0.717) is 66.8 Å². The third-order valence-corrected chi connectivity index (χ3v) is 14.2. The van der Waals surface area contributed by atoms with Crippen LogP contribution in [0.15, 0.2) is 218 Å². The molecule has 0 saturated heterocycles. The molecule has 6 unspecified atom stereocenters. The molecule has 8 aromatic carbocycles. The van der Waals surface area contributed by atoms with Crippen LogP contribution in [-0.4, -0.2) is 103 Å². The van der Waals surface area contributed by atoms with Gasteiger partial charge in [-0.25, -0.2) is 0 Å². The van der Waals surface area contributed by atoms with Crippen LogP contribution in [0.3, 0.4) is 0 Å². The molecule has 12 nitrogen and oxygen atoms in total. The number of benzene rings is 8. The topological polar surface area (TPSA) is 142 Å². The molecule has 0 radical (unpaired) electrons. The van der Waals surface area contributed by atoms with Crippen LogP contribution >= 0.6 is 0 Å². The van der Waals surface area contributed by atoms with Gasteiger partial charge in [-0.1, -0.05) is 218 Å². The van der Waals surface area contributed by atoms with E-state index < -0.39 is 42.2 Å². The van der Waals surface area contributed by atoms with E-state index in [9.17, 15) is 19.2 Å². The Morgan fingerprint density at radius 3 is 1.04 bits per heavy atom. The van der Waals surface area contributed by atoms with E-state index in [0.717, 1.165) is 0 Å². The summed E-state index contributed by atoms with van der Waals surface area (Å²) in [5, 5.41) is 0. The highest BCUT2D eigenvalue weighted by Crippen LogP contribution is 2.41. The molecule has 0 bridgehead atoms. The van der Waals surface area contributed by atoms with Crippen molar-refractivity contribution in [2.45, 2.75) is 56.1 Å². The summed E-state index contributed by atoms with van der Waals surface area (Å²) in [4.78, 5) is 58.8. The van der Waals surface area contributed by atoms with Crippen LogP contribution in [0.1, 0.15) is 118 Å². The number of ketones is 4. The fourth-order valence-corrected chi connectivity index (χ4v) is 10.3. The molecule has 0 heterocycles. The molecule has 0 spiro atoms. The Labute approximate surface area is 480 Å². The second-order valence-electron chi connectivity index (χ2n) is 20.1. The highest BCUT2D eigenvalue weighted by molar-refractivity contribution is 6.12. The molecular weight excluding hydrogens is 1030 g/mol. The quantitative estimate of drug-likeness (QED) is 0.0301. The molecule has 0 aliphatic carbocycles. The van der Waals surface area contributed by atoms with E-state index in [-0.39, 0.29) is 56.2 Å². The van der Waals surface area contributed by atoms with Crippen LogP contribution < -0.4 is 0 Å². The van der Waals surface area contributed by atoms with Gasteiger partial charge in [0, 0.05) is 72.9 Å². The third kappa shape index (κ3) is 14.8. The van der Waals surface area contributed by atoms with Crippen LogP contribution in [0.4, 0.5) is 0 Å². The monoisotopic (exact) mass is 1100 g/mol. The number of hydrogen-bond donors (Lipinski definition) is 0. The lowest BCUT2D eigenvalue weighted by atomic mass is 9.88. The second kappa shape index (κ2) is 29.7. The lowest BCUT2D eigenvalue weighted by molar-refractivity contribution is -0.215. The van der Waals surface area contributed by atoms with E-state index in [1.54, 1.807) is 137 Å². The second-order valence-corrected chi connectivity index (χ2v) is 20.1. The van der Waals surface area contributed by atoms with Crippen molar-refractivity contribution in [3.63, 3.8) is 0 Å². The first-order valence-electron chi connectivity index (χ1n) is 27.3. The Bertz CT molecular complexity index is 3330. The normalized spacial score (nSPS) is 13.8. The van der Waals surface area contributed by atoms with Crippen molar-refractivity contribution < 1.29 is 57.1 Å². The molecule has 422 valence electrons. The van der Waals surface area contributed by atoms with Crippen LogP contribution in [0.5, 0.6) is 0 Å². The van der Waals surface area contributed by atoms with E-state index in [1.807, 2.05) is 117 Å². The third-order valence-electron chi connectivity index (χ3n) is 14.2. The fourth-order valence-electron chi connectivity index (χ4n) is 10.3. The van der Waals surface area contributed by atoms with Crippen molar-refractivity contribution in [2.24, 2.45) is 0 Å². The van der Waals surface area contributed by atoms with Gasteiger partial charge < -0.3 is 37.9 Å². The van der Waals surface area contributed by atoms with Crippen molar-refractivity contribution in [3.05, 3.63) is 285 Å². The van der Waals surface area contributed by atoms with Crippen molar-refractivity contribution in [1.82, 2.24) is 0 Å². The van der Waals surface area contributed by atoms with Crippen LogP contribution in [0.25, 0.3) is 0 Å². The number of carbonyl (C=O) groups is 4. The zero-order chi connectivity index (χ0) is 57.8. The number of carbonyl (C=O) groups excluding carboxylic acids is 4. The number of hydrogen-bond acceptors (Lipinski definition) is 12. The maximum absolute atomic E-state index is 15.0. The Hall–Kier alpha value is -7.88. The van der Waals surface area contributed by atoms with Gasteiger partial charge in [0.2, 0.25) is 0 Å². The van der Waals surface area contributed by atoms with Gasteiger partial charge in [0.05, 0.1) is 38.6 Å². The average Bonchev–Trinajstić information content (AvgIpc) is 3.72. The van der Waals surface area contributed by atoms with Crippen LogP contribution in [-0.2, 0) is 43.5 Å². The summed E-state index contributed by atoms with van der Waals surface area (Å²) in [5.74, 6) is -0.964. The Balaban J connectivity index is 1.32. The smallest absolute Gasteiger partial charge is 0.193 e. The molecule has 8 aromatic rings. The van der Waals surface area contributed by atoms with E-state index in [2.05, 4.69) is 0 Å². The molecule has 0 aromatic heterocycles. The van der Waals surface area contributed by atoms with Gasteiger partial charge in [0.15, 0.2) is 23.1 Å². The molecule has 0 aliphatic heterocycles. The number of ether oxygens (including phenoxy) is 8. The van der Waals surface area contributed by atoms with Crippen LogP contribution in [0, 0.1) is 0 Å². The summed E-state index contributed by atoms with van der Waals surface area (Å²) in [6, 6.07) is 64.9. The SMILES string of the molecule is COCCOC(c1ccccc1C(=O)c1ccccc1)C(COC)OC(c1ccccc1C(=O)c1ccccc1)C(COC)OC(c1ccccc1C(=O)c1ccccc1)C(COC)OC(C)(C)c1ccccc1C(=O)c1ccccc1. The maximum Gasteiger partial charge on any atom is 0.193 e. The highest BCUT2D eigenvalue weighted by Gasteiger charge is 2.42. The highest BCUT2D eigenvalue weighted by atomic mass is 16.6. The summed E-state index contributed by atoms with van der Waals surface area (Å²) in [6.07, 6.45) is -6.53. The van der Waals surface area contributed by atoms with Gasteiger partial charge >= 0.3 is 0 Å². The van der Waals surface area contributed by atoms with Gasteiger partial charge in [-0.3, -0.25) is 19.2 Å². The molecule has 8 rings (SSSR count). The summed E-state index contributed by atoms with van der Waals surface area (Å²) in [6.45, 7) is 3.80. The largest absolute Gasteiger partial charge is 0.382 e. The predicted octanol–water partition coefficient (Wildman–Crippen LogP) is 12.8. The number of rotatable bonds is 31. The molecule has 0 fully saturated rings. The van der Waals surface area contributed by atoms with E-state index in [4.69, 9.17) is 37.9 Å². The predicted molar refractivity (Wildman–Crippen MR) is 315 cm³/mol. The molecular formula is C70H70O12. The first-order chi connectivity index (χ1) is 40.0. The molecule has 6 atom stereocenters. The van der Waals surface area contributed by atoms with Crippen molar-refractivity contribution in [2.75, 3.05) is 61.5 Å². The minimum Gasteiger partial charge on any atom is -0.382 e. The zero-order valence-corrected chi connectivity index (χ0v) is 47.2. The lowest BCUT2D eigenvalue weighted by Gasteiger charge is -2.40. The average molecular weight is 1100 g/mol. The summed E-state index contributed by atoms with van der Waals surface area (Å²) >= 11 is 0. The fraction of sp³-hybridized carbons (Fsp3) is 0.257. The van der Waals surface area contributed by atoms with Gasteiger partial charge in [-0.2, -0.15) is 0 Å². The zero-order valence-electron chi connectivity index (χ0n) is 47.2. The van der Waals surface area contributed by atoms with E-state index in [1.165, 1.54) is 7.11 Å². The Morgan fingerprint density at radius 2 is 0.646 bits per heavy atom. The van der Waals surface area contributed by atoms with Gasteiger partial charge in [0.25, 0.3) is 0 Å². The van der Waals surface area contributed by atoms with Crippen molar-refractivity contribution in [1.29, 1.82) is 0 Å². The molecule has 12 heteroatoms. The number of methoxy groups -OCH3 is 4. The first kappa shape index (κ1) is 60.2. The molecule has 0 saturated carbocycles. The van der Waals surface area contributed by atoms with Crippen molar-refractivity contribution >= 4 is 23.1 Å².